The molecule has 5 heteroatoms. The number of fused-ring (bicyclic) bond motifs is 1. The van der Waals surface area contributed by atoms with E-state index in [2.05, 4.69) is 29.4 Å². The first kappa shape index (κ1) is 20.1. The van der Waals surface area contributed by atoms with Crippen molar-refractivity contribution in [3.8, 4) is 0 Å². The van der Waals surface area contributed by atoms with Gasteiger partial charge in [0, 0.05) is 49.7 Å². The highest BCUT2D eigenvalue weighted by Crippen LogP contribution is 2.34. The zero-order valence-electron chi connectivity index (χ0n) is 16.4. The molecule has 1 heterocycles. The molecular weight excluding hydrogens is 355 g/mol. The molecule has 1 aromatic heterocycles. The number of aryl methyl sites for hydroxylation is 1. The summed E-state index contributed by atoms with van der Waals surface area (Å²) in [4.78, 5) is 15.9. The highest BCUT2D eigenvalue weighted by molar-refractivity contribution is 5.88. The largest absolute Gasteiger partial charge is 0.385 e. The van der Waals surface area contributed by atoms with Crippen LogP contribution in [0.25, 0.3) is 10.9 Å². The van der Waals surface area contributed by atoms with Crippen molar-refractivity contribution in [2.75, 3.05) is 20.3 Å². The topological polar surface area (TPSA) is 54.1 Å². The zero-order valence-corrected chi connectivity index (χ0v) is 16.4. The number of hydrogen-bond donors (Lipinski definition) is 2. The molecule has 0 aliphatic carbocycles. The number of hydrogen-bond acceptors (Lipinski definition) is 2. The first-order valence-electron chi connectivity index (χ1n) is 9.74. The van der Waals surface area contributed by atoms with Crippen molar-refractivity contribution in [3.05, 3.63) is 71.2 Å². The summed E-state index contributed by atoms with van der Waals surface area (Å²) in [6.07, 6.45) is 3.90. The Morgan fingerprint density at radius 1 is 1.25 bits per heavy atom. The highest BCUT2D eigenvalue weighted by Gasteiger charge is 2.22. The Kier molecular flexibility index (Phi) is 6.82. The van der Waals surface area contributed by atoms with Crippen molar-refractivity contribution < 1.29 is 13.9 Å². The lowest BCUT2D eigenvalue weighted by Gasteiger charge is -2.17. The molecule has 2 aromatic carbocycles. The lowest BCUT2D eigenvalue weighted by atomic mass is 9.87. The summed E-state index contributed by atoms with van der Waals surface area (Å²) in [6, 6.07) is 12.7. The number of para-hydroxylation sites is 1. The van der Waals surface area contributed by atoms with Crippen LogP contribution in [0.5, 0.6) is 0 Å². The van der Waals surface area contributed by atoms with Crippen LogP contribution >= 0.6 is 0 Å². The first-order valence-corrected chi connectivity index (χ1v) is 9.74. The number of H-pyrrole nitrogens is 1. The van der Waals surface area contributed by atoms with Crippen molar-refractivity contribution in [1.82, 2.24) is 10.3 Å². The van der Waals surface area contributed by atoms with E-state index in [0.29, 0.717) is 13.2 Å². The van der Waals surface area contributed by atoms with Gasteiger partial charge in [0.2, 0.25) is 5.91 Å². The van der Waals surface area contributed by atoms with Crippen LogP contribution in [0, 0.1) is 5.82 Å². The fourth-order valence-corrected chi connectivity index (χ4v) is 3.65. The molecule has 148 valence electrons. The molecule has 0 aliphatic rings. The van der Waals surface area contributed by atoms with Gasteiger partial charge in [0.1, 0.15) is 5.82 Å². The number of aromatic nitrogens is 1. The predicted octanol–water partition coefficient (Wildman–Crippen LogP) is 4.54. The number of ether oxygens (including phenoxy) is 1. The number of nitrogens with one attached hydrogen (secondary N) is 2. The van der Waals surface area contributed by atoms with Crippen LogP contribution in [0.2, 0.25) is 0 Å². The molecule has 0 saturated heterocycles. The number of aromatic amines is 1. The summed E-state index contributed by atoms with van der Waals surface area (Å²) < 4.78 is 18.9. The van der Waals surface area contributed by atoms with E-state index < -0.39 is 0 Å². The second-order valence-corrected chi connectivity index (χ2v) is 6.95. The number of carbonyl (C=O) groups excluding carboxylic acids is 1. The molecule has 3 aromatic rings. The smallest absolute Gasteiger partial charge is 0.220 e. The third kappa shape index (κ3) is 4.60. The van der Waals surface area contributed by atoms with E-state index in [4.69, 9.17) is 4.74 Å². The van der Waals surface area contributed by atoms with Crippen molar-refractivity contribution in [2.45, 2.75) is 32.1 Å². The minimum atomic E-state index is -0.294. The Morgan fingerprint density at radius 3 is 2.82 bits per heavy atom. The van der Waals surface area contributed by atoms with Gasteiger partial charge in [-0.15, -0.1) is 0 Å². The molecule has 0 unspecified atom stereocenters. The zero-order chi connectivity index (χ0) is 19.9. The molecule has 0 saturated carbocycles. The third-order valence-corrected chi connectivity index (χ3v) is 5.08. The van der Waals surface area contributed by atoms with E-state index in [0.717, 1.165) is 34.9 Å². The standard InChI is InChI=1S/C23H27FN2O2/c1-3-16-7-5-10-19-21(15-26-23(16)19)20(17-8-4-9-18(24)13-17)14-22(27)25-11-6-12-28-2/h4-5,7-10,13,15,20,26H,3,6,11-12,14H2,1-2H3,(H,25,27)/t20-/m1/s1. The predicted molar refractivity (Wildman–Crippen MR) is 110 cm³/mol. The Labute approximate surface area is 165 Å². The number of rotatable bonds is 9. The van der Waals surface area contributed by atoms with E-state index in [1.54, 1.807) is 13.2 Å². The van der Waals surface area contributed by atoms with Crippen LogP contribution in [0.1, 0.15) is 42.4 Å². The van der Waals surface area contributed by atoms with Gasteiger partial charge in [-0.25, -0.2) is 4.39 Å². The Bertz CT molecular complexity index is 935. The molecule has 1 amide bonds. The number of amides is 1. The van der Waals surface area contributed by atoms with Gasteiger partial charge in [-0.3, -0.25) is 4.79 Å². The minimum Gasteiger partial charge on any atom is -0.385 e. The molecule has 4 nitrogen and oxygen atoms in total. The van der Waals surface area contributed by atoms with Gasteiger partial charge in [0.25, 0.3) is 0 Å². The van der Waals surface area contributed by atoms with E-state index in [-0.39, 0.29) is 24.1 Å². The summed E-state index contributed by atoms with van der Waals surface area (Å²) >= 11 is 0. The molecule has 2 N–H and O–H groups in total. The van der Waals surface area contributed by atoms with Crippen molar-refractivity contribution in [1.29, 1.82) is 0 Å². The molecule has 28 heavy (non-hydrogen) atoms. The Morgan fingerprint density at radius 2 is 2.07 bits per heavy atom. The second kappa shape index (κ2) is 9.51. The number of halogens is 1. The summed E-state index contributed by atoms with van der Waals surface area (Å²) in [5, 5.41) is 4.03. The van der Waals surface area contributed by atoms with Gasteiger partial charge in [-0.2, -0.15) is 0 Å². The minimum absolute atomic E-state index is 0.0497. The lowest BCUT2D eigenvalue weighted by molar-refractivity contribution is -0.121. The van der Waals surface area contributed by atoms with Gasteiger partial charge in [-0.05, 0) is 41.7 Å². The SMILES string of the molecule is CCc1cccc2c([C@H](CC(=O)NCCCOC)c3cccc(F)c3)c[nH]c12. The quantitative estimate of drug-likeness (QED) is 0.534. The normalized spacial score (nSPS) is 12.2. The average molecular weight is 382 g/mol. The van der Waals surface area contributed by atoms with Crippen LogP contribution in [0.4, 0.5) is 4.39 Å². The number of carbonyl (C=O) groups is 1. The molecule has 3 rings (SSSR count). The van der Waals surface area contributed by atoms with Crippen molar-refractivity contribution >= 4 is 16.8 Å². The molecule has 1 atom stereocenters. The second-order valence-electron chi connectivity index (χ2n) is 6.95. The summed E-state index contributed by atoms with van der Waals surface area (Å²) in [5.41, 5.74) is 4.13. The fraction of sp³-hybridized carbons (Fsp3) is 0.348. The van der Waals surface area contributed by atoms with E-state index in [9.17, 15) is 9.18 Å². The molecule has 0 aliphatic heterocycles. The van der Waals surface area contributed by atoms with E-state index >= 15 is 0 Å². The number of benzene rings is 2. The Hall–Kier alpha value is -2.66. The van der Waals surface area contributed by atoms with Crippen LogP contribution in [-0.4, -0.2) is 31.2 Å². The van der Waals surface area contributed by atoms with Crippen LogP contribution in [0.3, 0.4) is 0 Å². The summed E-state index contributed by atoms with van der Waals surface area (Å²) in [5.74, 6) is -0.567. The van der Waals surface area contributed by atoms with Crippen LogP contribution in [0.15, 0.2) is 48.7 Å². The van der Waals surface area contributed by atoms with Gasteiger partial charge in [-0.1, -0.05) is 37.3 Å². The van der Waals surface area contributed by atoms with Gasteiger partial charge >= 0.3 is 0 Å². The fourth-order valence-electron chi connectivity index (χ4n) is 3.65. The first-order chi connectivity index (χ1) is 13.6. The molecular formula is C23H27FN2O2. The van der Waals surface area contributed by atoms with Crippen LogP contribution in [-0.2, 0) is 16.0 Å². The lowest BCUT2D eigenvalue weighted by Crippen LogP contribution is -2.27. The van der Waals surface area contributed by atoms with Gasteiger partial charge in [0.15, 0.2) is 0 Å². The molecule has 0 fully saturated rings. The maximum Gasteiger partial charge on any atom is 0.220 e. The number of methoxy groups -OCH3 is 1. The van der Waals surface area contributed by atoms with E-state index in [1.807, 2.05) is 18.3 Å². The third-order valence-electron chi connectivity index (χ3n) is 5.08. The summed E-state index contributed by atoms with van der Waals surface area (Å²) in [6.45, 7) is 3.29. The van der Waals surface area contributed by atoms with Crippen molar-refractivity contribution in [2.24, 2.45) is 0 Å². The average Bonchev–Trinajstić information content (AvgIpc) is 3.13. The van der Waals surface area contributed by atoms with Crippen LogP contribution < -0.4 is 5.32 Å². The van der Waals surface area contributed by atoms with E-state index in [1.165, 1.54) is 17.7 Å². The molecule has 0 spiro atoms. The maximum atomic E-state index is 13.9. The molecule has 0 bridgehead atoms. The highest BCUT2D eigenvalue weighted by atomic mass is 19.1. The Balaban J connectivity index is 1.92. The van der Waals surface area contributed by atoms with Gasteiger partial charge < -0.3 is 15.0 Å². The van der Waals surface area contributed by atoms with Crippen molar-refractivity contribution in [3.63, 3.8) is 0 Å². The monoisotopic (exact) mass is 382 g/mol. The van der Waals surface area contributed by atoms with Gasteiger partial charge in [0.05, 0.1) is 0 Å². The molecule has 0 radical (unpaired) electrons. The summed E-state index contributed by atoms with van der Waals surface area (Å²) in [7, 11) is 1.64. The maximum absolute atomic E-state index is 13.9.